The highest BCUT2D eigenvalue weighted by molar-refractivity contribution is 5.76. The molecule has 4 saturated carbocycles. The Morgan fingerprint density at radius 1 is 1.29 bits per heavy atom. The molecule has 1 aromatic heterocycles. The van der Waals surface area contributed by atoms with Gasteiger partial charge in [0.05, 0.1) is 6.20 Å². The summed E-state index contributed by atoms with van der Waals surface area (Å²) < 4.78 is 0. The number of aromatic nitrogens is 2. The number of rotatable bonds is 4. The van der Waals surface area contributed by atoms with E-state index in [4.69, 9.17) is 5.73 Å². The molecule has 0 spiro atoms. The lowest BCUT2D eigenvalue weighted by Gasteiger charge is -2.56. The molecule has 4 fully saturated rings. The fraction of sp³-hybridized carbons (Fsp3) is 0.750. The van der Waals surface area contributed by atoms with E-state index >= 15 is 0 Å². The summed E-state index contributed by atoms with van der Waals surface area (Å²) in [6, 6.07) is 0. The standard InChI is InChI=1S/C16H24N4O/c17-15-13(9-19-20-15)8-18-14(21)7-16-4-10-1-11(5-16)3-12(2-10)6-16/h9-12H,1-8H2,(H,18,21)(H3,17,19,20). The molecule has 1 heterocycles. The number of amides is 1. The number of hydrogen-bond acceptors (Lipinski definition) is 3. The van der Waals surface area contributed by atoms with Crippen LogP contribution in [-0.2, 0) is 11.3 Å². The second kappa shape index (κ2) is 4.75. The molecule has 5 rings (SSSR count). The van der Waals surface area contributed by atoms with Gasteiger partial charge in [-0.2, -0.15) is 5.10 Å². The van der Waals surface area contributed by atoms with Gasteiger partial charge in [0.1, 0.15) is 5.82 Å². The Balaban J connectivity index is 1.37. The Morgan fingerprint density at radius 3 is 2.43 bits per heavy atom. The maximum Gasteiger partial charge on any atom is 0.220 e. The SMILES string of the molecule is Nc1[nH]ncc1CNC(=O)CC12CC3CC(CC(C3)C1)C2. The van der Waals surface area contributed by atoms with Gasteiger partial charge in [0.25, 0.3) is 0 Å². The van der Waals surface area contributed by atoms with E-state index in [-0.39, 0.29) is 5.91 Å². The average molecular weight is 288 g/mol. The molecule has 114 valence electrons. The minimum Gasteiger partial charge on any atom is -0.384 e. The number of carbonyl (C=O) groups is 1. The zero-order chi connectivity index (χ0) is 14.4. The molecule has 0 unspecified atom stereocenters. The van der Waals surface area contributed by atoms with E-state index < -0.39 is 0 Å². The first kappa shape index (κ1) is 13.2. The van der Waals surface area contributed by atoms with Gasteiger partial charge in [-0.05, 0) is 61.7 Å². The number of nitrogens with zero attached hydrogens (tertiary/aromatic N) is 1. The van der Waals surface area contributed by atoms with Crippen LogP contribution in [0.2, 0.25) is 0 Å². The van der Waals surface area contributed by atoms with Crippen LogP contribution in [0.3, 0.4) is 0 Å². The Kier molecular flexibility index (Phi) is 2.98. The van der Waals surface area contributed by atoms with Gasteiger partial charge in [-0.15, -0.1) is 0 Å². The van der Waals surface area contributed by atoms with Crippen LogP contribution in [0, 0.1) is 23.2 Å². The predicted molar refractivity (Wildman–Crippen MR) is 80.1 cm³/mol. The van der Waals surface area contributed by atoms with Crippen LogP contribution < -0.4 is 11.1 Å². The van der Waals surface area contributed by atoms with E-state index in [1.165, 1.54) is 38.5 Å². The summed E-state index contributed by atoms with van der Waals surface area (Å²) in [5, 5.41) is 9.60. The lowest BCUT2D eigenvalue weighted by atomic mass is 9.49. The molecule has 4 aliphatic rings. The highest BCUT2D eigenvalue weighted by Crippen LogP contribution is 2.61. The highest BCUT2D eigenvalue weighted by Gasteiger charge is 2.51. The monoisotopic (exact) mass is 288 g/mol. The zero-order valence-corrected chi connectivity index (χ0v) is 12.4. The number of carbonyl (C=O) groups excluding carboxylic acids is 1. The van der Waals surface area contributed by atoms with E-state index in [9.17, 15) is 4.79 Å². The van der Waals surface area contributed by atoms with Gasteiger partial charge >= 0.3 is 0 Å². The summed E-state index contributed by atoms with van der Waals surface area (Å²) >= 11 is 0. The van der Waals surface area contributed by atoms with Crippen molar-refractivity contribution in [3.8, 4) is 0 Å². The lowest BCUT2D eigenvalue weighted by molar-refractivity contribution is -0.129. The summed E-state index contributed by atoms with van der Waals surface area (Å²) in [5.74, 6) is 3.42. The third-order valence-electron chi connectivity index (χ3n) is 5.93. The molecule has 1 aromatic rings. The molecule has 1 amide bonds. The van der Waals surface area contributed by atoms with E-state index in [0.717, 1.165) is 23.3 Å². The van der Waals surface area contributed by atoms with Crippen LogP contribution in [0.4, 0.5) is 5.82 Å². The van der Waals surface area contributed by atoms with Crippen LogP contribution in [-0.4, -0.2) is 16.1 Å². The fourth-order valence-electron chi connectivity index (χ4n) is 5.57. The van der Waals surface area contributed by atoms with Crippen molar-refractivity contribution in [3.63, 3.8) is 0 Å². The first-order chi connectivity index (χ1) is 10.1. The summed E-state index contributed by atoms with van der Waals surface area (Å²) in [6.07, 6.45) is 10.5. The van der Waals surface area contributed by atoms with E-state index in [2.05, 4.69) is 15.5 Å². The Hall–Kier alpha value is -1.52. The number of anilines is 1. The van der Waals surface area contributed by atoms with Crippen LogP contribution in [0.25, 0.3) is 0 Å². The van der Waals surface area contributed by atoms with Gasteiger partial charge in [0.15, 0.2) is 0 Å². The number of nitrogens with two attached hydrogens (primary N) is 1. The van der Waals surface area contributed by atoms with Crippen molar-refractivity contribution in [1.29, 1.82) is 0 Å². The van der Waals surface area contributed by atoms with Crippen molar-refractivity contribution in [2.75, 3.05) is 5.73 Å². The molecule has 0 radical (unpaired) electrons. The van der Waals surface area contributed by atoms with Gasteiger partial charge in [-0.3, -0.25) is 9.89 Å². The third kappa shape index (κ3) is 2.43. The Bertz CT molecular complexity index is 515. The maximum atomic E-state index is 12.4. The highest BCUT2D eigenvalue weighted by atomic mass is 16.1. The van der Waals surface area contributed by atoms with Gasteiger partial charge in [-0.25, -0.2) is 0 Å². The van der Waals surface area contributed by atoms with Crippen molar-refractivity contribution < 1.29 is 4.79 Å². The molecule has 5 nitrogen and oxygen atoms in total. The van der Waals surface area contributed by atoms with Crippen molar-refractivity contribution in [3.05, 3.63) is 11.8 Å². The molecule has 4 bridgehead atoms. The van der Waals surface area contributed by atoms with Gasteiger partial charge < -0.3 is 11.1 Å². The smallest absolute Gasteiger partial charge is 0.220 e. The third-order valence-corrected chi connectivity index (χ3v) is 5.93. The summed E-state index contributed by atoms with van der Waals surface area (Å²) in [7, 11) is 0. The van der Waals surface area contributed by atoms with Crippen molar-refractivity contribution in [2.45, 2.75) is 51.5 Å². The van der Waals surface area contributed by atoms with Crippen molar-refractivity contribution in [2.24, 2.45) is 23.2 Å². The molecule has 0 atom stereocenters. The summed E-state index contributed by atoms with van der Waals surface area (Å²) in [6.45, 7) is 0.480. The second-order valence-corrected chi connectivity index (χ2v) is 7.68. The summed E-state index contributed by atoms with van der Waals surface area (Å²) in [5.41, 5.74) is 6.92. The Morgan fingerprint density at radius 2 is 1.90 bits per heavy atom. The number of aromatic amines is 1. The number of nitrogen functional groups attached to an aromatic ring is 1. The molecule has 4 aliphatic carbocycles. The molecule has 0 aliphatic heterocycles. The molecular formula is C16H24N4O. The quantitative estimate of drug-likeness (QED) is 0.794. The minimum absolute atomic E-state index is 0.178. The zero-order valence-electron chi connectivity index (χ0n) is 12.4. The van der Waals surface area contributed by atoms with Gasteiger partial charge in [-0.1, -0.05) is 0 Å². The molecule has 0 saturated heterocycles. The van der Waals surface area contributed by atoms with E-state index in [1.54, 1.807) is 6.20 Å². The van der Waals surface area contributed by atoms with Crippen molar-refractivity contribution in [1.82, 2.24) is 15.5 Å². The molecule has 5 heteroatoms. The van der Waals surface area contributed by atoms with E-state index in [1.807, 2.05) is 0 Å². The first-order valence-electron chi connectivity index (χ1n) is 8.16. The lowest BCUT2D eigenvalue weighted by Crippen LogP contribution is -2.47. The largest absolute Gasteiger partial charge is 0.384 e. The summed E-state index contributed by atoms with van der Waals surface area (Å²) in [4.78, 5) is 12.4. The fourth-order valence-corrected chi connectivity index (χ4v) is 5.57. The molecular weight excluding hydrogens is 264 g/mol. The predicted octanol–water partition coefficient (Wildman–Crippen LogP) is 2.21. The molecule has 21 heavy (non-hydrogen) atoms. The molecule has 0 aromatic carbocycles. The number of H-pyrrole nitrogens is 1. The first-order valence-corrected chi connectivity index (χ1v) is 8.16. The second-order valence-electron chi connectivity index (χ2n) is 7.68. The van der Waals surface area contributed by atoms with E-state index in [0.29, 0.717) is 24.2 Å². The number of nitrogens with one attached hydrogen (secondary N) is 2. The van der Waals surface area contributed by atoms with Crippen LogP contribution in [0.15, 0.2) is 6.20 Å². The normalized spacial score (nSPS) is 36.9. The van der Waals surface area contributed by atoms with Crippen LogP contribution in [0.1, 0.15) is 50.5 Å². The molecule has 4 N–H and O–H groups in total. The van der Waals surface area contributed by atoms with Crippen LogP contribution in [0.5, 0.6) is 0 Å². The van der Waals surface area contributed by atoms with Gasteiger partial charge in [0, 0.05) is 18.5 Å². The Labute approximate surface area is 125 Å². The topological polar surface area (TPSA) is 83.8 Å². The number of hydrogen-bond donors (Lipinski definition) is 3. The minimum atomic E-state index is 0.178. The average Bonchev–Trinajstić information content (AvgIpc) is 2.79. The van der Waals surface area contributed by atoms with Crippen molar-refractivity contribution >= 4 is 11.7 Å². The maximum absolute atomic E-state index is 12.4. The van der Waals surface area contributed by atoms with Gasteiger partial charge in [0.2, 0.25) is 5.91 Å². The van der Waals surface area contributed by atoms with Crippen LogP contribution >= 0.6 is 0 Å².